The quantitative estimate of drug-likeness (QED) is 0.543. The maximum absolute atomic E-state index is 5.83. The lowest BCUT2D eigenvalue weighted by Crippen LogP contribution is -2.33. The molecule has 4 nitrogen and oxygen atoms in total. The van der Waals surface area contributed by atoms with Gasteiger partial charge in [-0.1, -0.05) is 51.1 Å². The van der Waals surface area contributed by atoms with Crippen LogP contribution in [0.3, 0.4) is 0 Å². The molecule has 0 fully saturated rings. The molecule has 1 unspecified atom stereocenters. The Morgan fingerprint density at radius 3 is 2.62 bits per heavy atom. The first-order valence-corrected chi connectivity index (χ1v) is 7.73. The van der Waals surface area contributed by atoms with Gasteiger partial charge in [0.1, 0.15) is 0 Å². The standard InChI is InChI=1S/C17H29N3O/c1-14(2)9-10-19-17(18)20-11-15(3)12-21-13-16-7-5-4-6-8-16/h4-8,14-15H,9-13H2,1-3H3,(H3,18,19,20). The van der Waals surface area contributed by atoms with Gasteiger partial charge >= 0.3 is 0 Å². The lowest BCUT2D eigenvalue weighted by atomic mass is 10.1. The number of ether oxygens (including phenoxy) is 1. The van der Waals surface area contributed by atoms with Crippen LogP contribution in [-0.2, 0) is 11.3 Å². The molecule has 0 amide bonds. The lowest BCUT2D eigenvalue weighted by molar-refractivity contribution is 0.0945. The Morgan fingerprint density at radius 1 is 1.24 bits per heavy atom. The van der Waals surface area contributed by atoms with E-state index in [0.29, 0.717) is 37.6 Å². The molecule has 1 rings (SSSR count). The summed E-state index contributed by atoms with van der Waals surface area (Å²) in [5, 5.41) is 3.14. The molecule has 0 aliphatic rings. The number of hydrogen-bond donors (Lipinski definition) is 2. The Kier molecular flexibility index (Phi) is 8.51. The Bertz CT molecular complexity index is 404. The molecule has 0 aromatic heterocycles. The van der Waals surface area contributed by atoms with E-state index in [1.54, 1.807) is 0 Å². The maximum atomic E-state index is 5.83. The van der Waals surface area contributed by atoms with Gasteiger partial charge in [0.2, 0.25) is 0 Å². The zero-order chi connectivity index (χ0) is 15.5. The minimum Gasteiger partial charge on any atom is -0.376 e. The average Bonchev–Trinajstić information content (AvgIpc) is 2.46. The number of nitrogens with one attached hydrogen (secondary N) is 1. The van der Waals surface area contributed by atoms with Crippen LogP contribution < -0.4 is 11.1 Å². The van der Waals surface area contributed by atoms with Crippen LogP contribution in [0.2, 0.25) is 0 Å². The molecular formula is C17H29N3O. The molecule has 0 saturated carbocycles. The third kappa shape index (κ3) is 9.08. The van der Waals surface area contributed by atoms with E-state index in [4.69, 9.17) is 10.5 Å². The molecule has 1 aromatic carbocycles. The summed E-state index contributed by atoms with van der Waals surface area (Å²) in [5.74, 6) is 1.57. The second-order valence-corrected chi connectivity index (χ2v) is 5.94. The van der Waals surface area contributed by atoms with Crippen molar-refractivity contribution >= 4 is 5.96 Å². The van der Waals surface area contributed by atoms with E-state index in [1.807, 2.05) is 18.2 Å². The molecule has 0 aliphatic carbocycles. The highest BCUT2D eigenvalue weighted by molar-refractivity contribution is 5.77. The third-order valence-electron chi connectivity index (χ3n) is 3.12. The van der Waals surface area contributed by atoms with Crippen LogP contribution in [0, 0.1) is 11.8 Å². The number of aliphatic imine (C=N–C) groups is 1. The van der Waals surface area contributed by atoms with Crippen molar-refractivity contribution in [3.63, 3.8) is 0 Å². The van der Waals surface area contributed by atoms with Crippen molar-refractivity contribution in [2.45, 2.75) is 33.8 Å². The molecule has 0 heterocycles. The van der Waals surface area contributed by atoms with E-state index in [0.717, 1.165) is 13.0 Å². The number of guanidine groups is 1. The Morgan fingerprint density at radius 2 is 1.95 bits per heavy atom. The van der Waals surface area contributed by atoms with Gasteiger partial charge < -0.3 is 15.8 Å². The second kappa shape index (κ2) is 10.2. The van der Waals surface area contributed by atoms with Gasteiger partial charge in [0.15, 0.2) is 5.96 Å². The summed E-state index contributed by atoms with van der Waals surface area (Å²) in [6, 6.07) is 10.2. The van der Waals surface area contributed by atoms with E-state index in [-0.39, 0.29) is 0 Å². The van der Waals surface area contributed by atoms with Gasteiger partial charge in [-0.3, -0.25) is 4.99 Å². The van der Waals surface area contributed by atoms with Crippen LogP contribution >= 0.6 is 0 Å². The van der Waals surface area contributed by atoms with Crippen molar-refractivity contribution < 1.29 is 4.74 Å². The SMILES string of the molecule is CC(C)CCNC(N)=NCC(C)COCc1ccccc1. The van der Waals surface area contributed by atoms with Crippen LogP contribution in [0.15, 0.2) is 35.3 Å². The van der Waals surface area contributed by atoms with Crippen LogP contribution in [0.25, 0.3) is 0 Å². The van der Waals surface area contributed by atoms with Gasteiger partial charge in [0, 0.05) is 13.1 Å². The van der Waals surface area contributed by atoms with Crippen molar-refractivity contribution in [2.75, 3.05) is 19.7 Å². The van der Waals surface area contributed by atoms with Crippen LogP contribution in [0.5, 0.6) is 0 Å². The largest absolute Gasteiger partial charge is 0.376 e. The highest BCUT2D eigenvalue weighted by Crippen LogP contribution is 2.03. The third-order valence-corrected chi connectivity index (χ3v) is 3.12. The molecule has 118 valence electrons. The highest BCUT2D eigenvalue weighted by Gasteiger charge is 2.02. The van der Waals surface area contributed by atoms with E-state index in [9.17, 15) is 0 Å². The first kappa shape index (κ1) is 17.5. The van der Waals surface area contributed by atoms with Gasteiger partial charge in [-0.05, 0) is 23.8 Å². The molecule has 1 atom stereocenters. The van der Waals surface area contributed by atoms with E-state index >= 15 is 0 Å². The molecule has 1 aromatic rings. The highest BCUT2D eigenvalue weighted by atomic mass is 16.5. The summed E-state index contributed by atoms with van der Waals surface area (Å²) in [6.45, 7) is 9.42. The summed E-state index contributed by atoms with van der Waals surface area (Å²) in [6.07, 6.45) is 1.10. The van der Waals surface area contributed by atoms with Gasteiger partial charge in [-0.15, -0.1) is 0 Å². The number of benzene rings is 1. The smallest absolute Gasteiger partial charge is 0.188 e. The topological polar surface area (TPSA) is 59.6 Å². The van der Waals surface area contributed by atoms with Gasteiger partial charge in [-0.25, -0.2) is 0 Å². The van der Waals surface area contributed by atoms with Gasteiger partial charge in [-0.2, -0.15) is 0 Å². The first-order valence-electron chi connectivity index (χ1n) is 7.73. The van der Waals surface area contributed by atoms with Crippen molar-refractivity contribution in [1.29, 1.82) is 0 Å². The maximum Gasteiger partial charge on any atom is 0.188 e. The number of nitrogens with two attached hydrogens (primary N) is 1. The average molecular weight is 291 g/mol. The molecule has 3 N–H and O–H groups in total. The normalized spacial score (nSPS) is 13.4. The minimum atomic E-state index is 0.360. The lowest BCUT2D eigenvalue weighted by Gasteiger charge is -2.11. The zero-order valence-corrected chi connectivity index (χ0v) is 13.5. The molecule has 0 bridgehead atoms. The van der Waals surface area contributed by atoms with Gasteiger partial charge in [0.05, 0.1) is 13.2 Å². The van der Waals surface area contributed by atoms with Crippen LogP contribution in [-0.4, -0.2) is 25.7 Å². The molecular weight excluding hydrogens is 262 g/mol. The fourth-order valence-corrected chi connectivity index (χ4v) is 1.80. The fraction of sp³-hybridized carbons (Fsp3) is 0.588. The summed E-state index contributed by atoms with van der Waals surface area (Å²) in [5.41, 5.74) is 7.02. The number of rotatable bonds is 9. The number of hydrogen-bond acceptors (Lipinski definition) is 2. The molecule has 4 heteroatoms. The predicted molar refractivity (Wildman–Crippen MR) is 89.2 cm³/mol. The molecule has 0 aliphatic heterocycles. The van der Waals surface area contributed by atoms with Crippen LogP contribution in [0.1, 0.15) is 32.8 Å². The number of nitrogens with zero attached hydrogens (tertiary/aromatic N) is 1. The fourth-order valence-electron chi connectivity index (χ4n) is 1.80. The Labute approximate surface area is 128 Å². The van der Waals surface area contributed by atoms with E-state index in [1.165, 1.54) is 5.56 Å². The minimum absolute atomic E-state index is 0.360. The van der Waals surface area contributed by atoms with E-state index < -0.39 is 0 Å². The van der Waals surface area contributed by atoms with Crippen molar-refractivity contribution in [2.24, 2.45) is 22.6 Å². The van der Waals surface area contributed by atoms with Crippen LogP contribution in [0.4, 0.5) is 0 Å². The molecule has 0 radical (unpaired) electrons. The first-order chi connectivity index (χ1) is 10.1. The molecule has 0 spiro atoms. The monoisotopic (exact) mass is 291 g/mol. The Hall–Kier alpha value is -1.55. The second-order valence-electron chi connectivity index (χ2n) is 5.94. The van der Waals surface area contributed by atoms with Crippen molar-refractivity contribution in [3.05, 3.63) is 35.9 Å². The summed E-state index contributed by atoms with van der Waals surface area (Å²) < 4.78 is 5.70. The summed E-state index contributed by atoms with van der Waals surface area (Å²) in [7, 11) is 0. The Balaban J connectivity index is 2.13. The zero-order valence-electron chi connectivity index (χ0n) is 13.5. The summed E-state index contributed by atoms with van der Waals surface area (Å²) in [4.78, 5) is 4.35. The van der Waals surface area contributed by atoms with Gasteiger partial charge in [0.25, 0.3) is 0 Å². The molecule has 0 saturated heterocycles. The van der Waals surface area contributed by atoms with Crippen molar-refractivity contribution in [3.8, 4) is 0 Å². The molecule has 21 heavy (non-hydrogen) atoms. The predicted octanol–water partition coefficient (Wildman–Crippen LogP) is 2.79. The van der Waals surface area contributed by atoms with Crippen molar-refractivity contribution in [1.82, 2.24) is 5.32 Å². The van der Waals surface area contributed by atoms with E-state index in [2.05, 4.69) is 43.2 Å². The summed E-state index contributed by atoms with van der Waals surface area (Å²) >= 11 is 0.